The summed E-state index contributed by atoms with van der Waals surface area (Å²) < 4.78 is 46.8. The molecule has 0 aliphatic heterocycles. The standard InChI is InChI=1S/C21H27F3N2O4/c1-6-7-10-30-16-14-9-8-13(21(22,23)24)11-15(14)18(27)26(12-20(2,3)4)17(16)25(5)19(28)29/h8-9,11H,6-7,10,12H2,1-5H3,(H,28,29). The van der Waals surface area contributed by atoms with E-state index in [1.165, 1.54) is 17.7 Å². The molecule has 2 rings (SSSR count). The fraction of sp³-hybridized carbons (Fsp3) is 0.524. The van der Waals surface area contributed by atoms with Gasteiger partial charge >= 0.3 is 12.3 Å². The van der Waals surface area contributed by atoms with Gasteiger partial charge in [0.05, 0.1) is 17.6 Å². The van der Waals surface area contributed by atoms with Gasteiger partial charge in [0.15, 0.2) is 11.6 Å². The minimum Gasteiger partial charge on any atom is -0.489 e. The highest BCUT2D eigenvalue weighted by atomic mass is 19.4. The van der Waals surface area contributed by atoms with Crippen LogP contribution in [0.3, 0.4) is 0 Å². The molecule has 0 bridgehead atoms. The molecule has 1 aromatic carbocycles. The molecule has 6 nitrogen and oxygen atoms in total. The number of halogens is 3. The van der Waals surface area contributed by atoms with Crippen LogP contribution in [0.15, 0.2) is 23.0 Å². The molecule has 0 unspecified atom stereocenters. The Bertz CT molecular complexity index is 991. The van der Waals surface area contributed by atoms with Crippen LogP contribution in [0.4, 0.5) is 23.8 Å². The summed E-state index contributed by atoms with van der Waals surface area (Å²) in [6.45, 7) is 7.81. The number of fused-ring (bicyclic) bond motifs is 1. The lowest BCUT2D eigenvalue weighted by atomic mass is 9.96. The number of pyridine rings is 1. The van der Waals surface area contributed by atoms with Crippen molar-refractivity contribution in [2.45, 2.75) is 53.3 Å². The first-order valence-corrected chi connectivity index (χ1v) is 9.65. The number of ether oxygens (including phenoxy) is 1. The molecule has 1 heterocycles. The third-order valence-electron chi connectivity index (χ3n) is 4.51. The van der Waals surface area contributed by atoms with E-state index in [1.807, 2.05) is 27.7 Å². The Balaban J connectivity index is 2.95. The molecule has 1 N–H and O–H groups in total. The van der Waals surface area contributed by atoms with Crippen LogP contribution in [0, 0.1) is 5.41 Å². The van der Waals surface area contributed by atoms with E-state index in [2.05, 4.69) is 0 Å². The Morgan fingerprint density at radius 2 is 1.83 bits per heavy atom. The Morgan fingerprint density at radius 3 is 2.33 bits per heavy atom. The first kappa shape index (κ1) is 23.6. The van der Waals surface area contributed by atoms with Crippen molar-refractivity contribution in [3.8, 4) is 5.75 Å². The molecule has 0 saturated heterocycles. The molecule has 0 saturated carbocycles. The first-order chi connectivity index (χ1) is 13.8. The zero-order valence-electron chi connectivity index (χ0n) is 17.8. The van der Waals surface area contributed by atoms with Gasteiger partial charge in [-0.15, -0.1) is 0 Å². The monoisotopic (exact) mass is 428 g/mol. The molecule has 0 radical (unpaired) electrons. The van der Waals surface area contributed by atoms with Crippen LogP contribution in [-0.2, 0) is 12.7 Å². The number of nitrogens with zero attached hydrogens (tertiary/aromatic N) is 2. The molecule has 0 atom stereocenters. The smallest absolute Gasteiger partial charge is 0.416 e. The second-order valence-electron chi connectivity index (χ2n) is 8.41. The number of alkyl halides is 3. The number of hydrogen-bond donors (Lipinski definition) is 1. The number of carbonyl (C=O) groups is 1. The van der Waals surface area contributed by atoms with Crippen LogP contribution >= 0.6 is 0 Å². The zero-order chi connectivity index (χ0) is 22.9. The van der Waals surface area contributed by atoms with E-state index in [4.69, 9.17) is 4.74 Å². The van der Waals surface area contributed by atoms with Gasteiger partial charge in [-0.2, -0.15) is 13.2 Å². The molecule has 1 aromatic heterocycles. The third kappa shape index (κ3) is 5.06. The second kappa shape index (κ2) is 8.57. The lowest BCUT2D eigenvalue weighted by Crippen LogP contribution is -2.35. The molecule has 166 valence electrons. The number of amides is 1. The molecule has 0 aliphatic rings. The highest BCUT2D eigenvalue weighted by Crippen LogP contribution is 2.38. The van der Waals surface area contributed by atoms with E-state index in [0.717, 1.165) is 23.5 Å². The average Bonchev–Trinajstić information content (AvgIpc) is 2.62. The summed E-state index contributed by atoms with van der Waals surface area (Å²) in [6.07, 6.45) is -4.46. The van der Waals surface area contributed by atoms with Gasteiger partial charge in [-0.1, -0.05) is 34.1 Å². The largest absolute Gasteiger partial charge is 0.489 e. The number of carboxylic acid groups (broad SMARTS) is 1. The lowest BCUT2D eigenvalue weighted by Gasteiger charge is -2.28. The van der Waals surface area contributed by atoms with E-state index in [1.54, 1.807) is 0 Å². The maximum Gasteiger partial charge on any atom is 0.416 e. The summed E-state index contributed by atoms with van der Waals surface area (Å²) in [4.78, 5) is 25.8. The van der Waals surface area contributed by atoms with Crippen molar-refractivity contribution in [2.75, 3.05) is 18.6 Å². The van der Waals surface area contributed by atoms with Crippen molar-refractivity contribution >= 4 is 22.7 Å². The van der Waals surface area contributed by atoms with Gasteiger partial charge in [-0.05, 0) is 30.0 Å². The van der Waals surface area contributed by atoms with Crippen LogP contribution in [0.5, 0.6) is 5.75 Å². The van der Waals surface area contributed by atoms with Crippen LogP contribution in [-0.4, -0.2) is 29.4 Å². The molecule has 0 aliphatic carbocycles. The predicted molar refractivity (Wildman–Crippen MR) is 109 cm³/mol. The Hall–Kier alpha value is -2.71. The molecule has 2 aromatic rings. The van der Waals surface area contributed by atoms with E-state index in [0.29, 0.717) is 6.42 Å². The van der Waals surface area contributed by atoms with Crippen molar-refractivity contribution in [1.29, 1.82) is 0 Å². The van der Waals surface area contributed by atoms with Crippen LogP contribution in [0.2, 0.25) is 0 Å². The van der Waals surface area contributed by atoms with E-state index >= 15 is 0 Å². The minimum atomic E-state index is -4.62. The Morgan fingerprint density at radius 1 is 1.20 bits per heavy atom. The Labute approximate surface area is 172 Å². The highest BCUT2D eigenvalue weighted by molar-refractivity contribution is 5.96. The van der Waals surface area contributed by atoms with Gasteiger partial charge in [0.2, 0.25) is 0 Å². The normalized spacial score (nSPS) is 12.3. The lowest BCUT2D eigenvalue weighted by molar-refractivity contribution is -0.137. The highest BCUT2D eigenvalue weighted by Gasteiger charge is 2.32. The maximum absolute atomic E-state index is 13.3. The molecule has 0 fully saturated rings. The van der Waals surface area contributed by atoms with E-state index in [9.17, 15) is 27.9 Å². The number of rotatable bonds is 6. The van der Waals surface area contributed by atoms with Crippen LogP contribution in [0.25, 0.3) is 10.8 Å². The summed E-state index contributed by atoms with van der Waals surface area (Å²) in [6, 6.07) is 2.84. The molecule has 30 heavy (non-hydrogen) atoms. The maximum atomic E-state index is 13.3. The van der Waals surface area contributed by atoms with Crippen molar-refractivity contribution in [3.63, 3.8) is 0 Å². The van der Waals surface area contributed by atoms with Gasteiger partial charge < -0.3 is 9.84 Å². The topological polar surface area (TPSA) is 71.8 Å². The van der Waals surface area contributed by atoms with Crippen molar-refractivity contribution < 1.29 is 27.8 Å². The fourth-order valence-electron chi connectivity index (χ4n) is 3.09. The van der Waals surface area contributed by atoms with Crippen LogP contribution < -0.4 is 15.2 Å². The molecule has 9 heteroatoms. The number of unbranched alkanes of at least 4 members (excludes halogenated alkanes) is 1. The summed E-state index contributed by atoms with van der Waals surface area (Å²) in [7, 11) is 1.28. The van der Waals surface area contributed by atoms with Gasteiger partial charge in [0.1, 0.15) is 0 Å². The molecule has 1 amide bonds. The quantitative estimate of drug-likeness (QED) is 0.629. The third-order valence-corrected chi connectivity index (χ3v) is 4.51. The summed E-state index contributed by atoms with van der Waals surface area (Å²) >= 11 is 0. The van der Waals surface area contributed by atoms with Gasteiger partial charge in [0, 0.05) is 19.0 Å². The van der Waals surface area contributed by atoms with Crippen molar-refractivity contribution in [2.24, 2.45) is 5.41 Å². The predicted octanol–water partition coefficient (Wildman–Crippen LogP) is 5.36. The van der Waals surface area contributed by atoms with Crippen molar-refractivity contribution in [3.05, 3.63) is 34.1 Å². The minimum absolute atomic E-state index is 0.00536. The summed E-state index contributed by atoms with van der Waals surface area (Å²) in [5.74, 6) is 0.0895. The van der Waals surface area contributed by atoms with Crippen molar-refractivity contribution in [1.82, 2.24) is 4.57 Å². The number of aromatic nitrogens is 1. The SMILES string of the molecule is CCCCOc1c(N(C)C(=O)O)n(CC(C)(C)C)c(=O)c2cc(C(F)(F)F)ccc12. The summed E-state index contributed by atoms with van der Waals surface area (Å²) in [5.41, 5.74) is -2.10. The molecular weight excluding hydrogens is 401 g/mol. The first-order valence-electron chi connectivity index (χ1n) is 9.65. The number of benzene rings is 1. The van der Waals surface area contributed by atoms with Crippen LogP contribution in [0.1, 0.15) is 46.1 Å². The fourth-order valence-corrected chi connectivity index (χ4v) is 3.09. The molecular formula is C21H27F3N2O4. The summed E-state index contributed by atoms with van der Waals surface area (Å²) in [5, 5.41) is 9.56. The second-order valence-corrected chi connectivity index (χ2v) is 8.41. The zero-order valence-corrected chi connectivity index (χ0v) is 17.8. The van der Waals surface area contributed by atoms with Gasteiger partial charge in [0.25, 0.3) is 5.56 Å². The average molecular weight is 428 g/mol. The van der Waals surface area contributed by atoms with E-state index < -0.39 is 28.8 Å². The Kier molecular flexibility index (Phi) is 6.73. The van der Waals surface area contributed by atoms with Gasteiger partial charge in [-0.3, -0.25) is 14.3 Å². The number of hydrogen-bond acceptors (Lipinski definition) is 3. The molecule has 0 spiro atoms. The van der Waals surface area contributed by atoms with Gasteiger partial charge in [-0.25, -0.2) is 4.79 Å². The number of anilines is 1. The van der Waals surface area contributed by atoms with E-state index in [-0.39, 0.29) is 35.5 Å².